The van der Waals surface area contributed by atoms with Gasteiger partial charge in [-0.05, 0) is 150 Å². The Labute approximate surface area is 726 Å². The molecule has 8 bridgehead atoms. The van der Waals surface area contributed by atoms with E-state index >= 15 is 0 Å². The van der Waals surface area contributed by atoms with Crippen molar-refractivity contribution < 1.29 is 65.4 Å². The number of benzene rings is 6. The van der Waals surface area contributed by atoms with Gasteiger partial charge in [0.1, 0.15) is 18.5 Å². The third-order valence-electron chi connectivity index (χ3n) is 23.2. The minimum Gasteiger partial charge on any atom is -0.496 e. The van der Waals surface area contributed by atoms with Crippen molar-refractivity contribution in [1.29, 1.82) is 0 Å². The number of aliphatic imine (C=N–C) groups is 9. The van der Waals surface area contributed by atoms with Crippen LogP contribution in [0.25, 0.3) is 17.5 Å². The number of aliphatic carboxylic acids is 1. The van der Waals surface area contributed by atoms with Crippen LogP contribution in [0.15, 0.2) is 209 Å². The van der Waals surface area contributed by atoms with Crippen LogP contribution in [0.2, 0.25) is 0 Å². The first kappa shape index (κ1) is 92.2. The van der Waals surface area contributed by atoms with Crippen LogP contribution in [0.1, 0.15) is 235 Å². The number of nitrogens with zero attached hydrogens (tertiary/aromatic N) is 13. The maximum Gasteiger partial charge on any atom is 0.314 e. The van der Waals surface area contributed by atoms with E-state index in [1.807, 2.05) is 197 Å². The van der Waals surface area contributed by atoms with Gasteiger partial charge in [-0.15, -0.1) is 0 Å². The Balaban J connectivity index is 0.000000168. The summed E-state index contributed by atoms with van der Waals surface area (Å²) in [6.07, 6.45) is 22.6. The fourth-order valence-corrected chi connectivity index (χ4v) is 14.6. The second kappa shape index (κ2) is 42.9. The van der Waals surface area contributed by atoms with E-state index in [0.29, 0.717) is 82.7 Å². The number of carbonyl (C=O) groups excluding carboxylic acids is 3. The van der Waals surface area contributed by atoms with Crippen LogP contribution in [0.3, 0.4) is 0 Å². The number of H-pyrrole nitrogens is 1. The molecule has 7 heterocycles. The molecule has 6 aromatic carbocycles. The number of methoxy groups -OCH3 is 1. The SMILES string of the molecule is C=CCOC(=O)C(C)(C)CC.CCC(C)(C)C(=O)O.CCC(C)(CO)C(=O)OC1CCCCC1.CCN(CC)c1ccc(/C=C2/OC(=NC3CCCCC3)N(C3CCCCC3)C2=O)c(OC)c1.Cn1c(-c2ccccc2)n[nH]c1=S.[Cu].c1ccc2c(c1)C1=NC2=NC2=NC(=NC3=NC(=NC4=NC(=N1)c1ccccc14)c1ccccc13)c1ccccc12. The molecular weight excluding hydrogens is 1590 g/mol. The van der Waals surface area contributed by atoms with Crippen molar-refractivity contribution in [2.45, 2.75) is 203 Å². The fourth-order valence-electron chi connectivity index (χ4n) is 14.4. The summed E-state index contributed by atoms with van der Waals surface area (Å²) in [6, 6.07) is 48.9. The minimum absolute atomic E-state index is 0. The number of carbonyl (C=O) groups is 4. The number of aliphatic hydroxyl groups is 1. The molecule has 1 radical (unpaired) electrons. The molecule has 641 valence electrons. The zero-order valence-electron chi connectivity index (χ0n) is 71.7. The standard InChI is InChI=1S/C32H16N8.C27H39N3O3.C12H22O3.C9H9N3S.C9H16O2.C6H12O2.Cu/c1-2-10-18-17(9-1)25-33-26(18)38-28-21-13-5-6-14-22(21)30(35-28)40-32-24-16-8-7-15-23(24)31(36-32)39-29-20-12-4-3-11-19(20)27(34-29)37-25;1-4-29(5-2)23-17-16-20(24(19-23)32-3)18-25-26(31)30(22-14-10-7-11-15-22)27(33-25)28-21-12-8-6-9-13-21;1-3-12(2,9-13)11(14)15-10-7-5-4-6-8-10;1-12-8(10-11-9(12)13)7-5-3-2-4-6-7;1-5-7-11-8(10)9(3,4)6-2;1-4-6(2,3)5(7)8;/h1-16H;16-19,21-22H,4-15H2,1-3H3;10,13H,3-9H2,1-2H3;2-6H,1H3,(H,11,13);5H,1,6-7H2,2-4H3;4H2,1-3H3,(H,7,8);/b;25-18+,28-27?;;;;;. The largest absolute Gasteiger partial charge is 0.496 e. The van der Waals surface area contributed by atoms with Gasteiger partial charge in [0, 0.05) is 111 Å². The number of amidine groups is 9. The number of rotatable bonds is 18. The molecule has 1 unspecified atom stereocenters. The summed E-state index contributed by atoms with van der Waals surface area (Å²) in [5.74, 6) is 5.20. The molecule has 121 heavy (non-hydrogen) atoms. The predicted molar refractivity (Wildman–Crippen MR) is 481 cm³/mol. The van der Waals surface area contributed by atoms with Crippen molar-refractivity contribution in [3.05, 3.63) is 219 Å². The number of aromatic nitrogens is 3. The Morgan fingerprint density at radius 2 is 1.00 bits per heavy atom. The Morgan fingerprint density at radius 1 is 0.587 bits per heavy atom. The third kappa shape index (κ3) is 22.6. The quantitative estimate of drug-likeness (QED) is 0.0237. The molecule has 3 N–H and O–H groups in total. The maximum absolute atomic E-state index is 13.5. The molecule has 26 heteroatoms. The number of anilines is 1. The molecule has 1 amide bonds. The van der Waals surface area contributed by atoms with E-state index in [9.17, 15) is 24.3 Å². The van der Waals surface area contributed by atoms with Crippen LogP contribution in [-0.2, 0) is 57.5 Å². The summed E-state index contributed by atoms with van der Waals surface area (Å²) in [6.45, 7) is 24.5. The van der Waals surface area contributed by atoms with Gasteiger partial charge in [0.2, 0.25) is 0 Å². The zero-order valence-corrected chi connectivity index (χ0v) is 73.4. The van der Waals surface area contributed by atoms with Crippen LogP contribution < -0.4 is 9.64 Å². The Kier molecular flexibility index (Phi) is 32.7. The van der Waals surface area contributed by atoms with Crippen molar-refractivity contribution in [2.75, 3.05) is 38.3 Å². The summed E-state index contributed by atoms with van der Waals surface area (Å²) in [5.41, 5.74) is 8.56. The second-order valence-corrected chi connectivity index (χ2v) is 32.6. The minimum atomic E-state index is -0.722. The van der Waals surface area contributed by atoms with E-state index < -0.39 is 16.8 Å². The van der Waals surface area contributed by atoms with E-state index in [1.54, 1.807) is 34.0 Å². The van der Waals surface area contributed by atoms with Gasteiger partial charge in [0.05, 0.1) is 36.0 Å². The van der Waals surface area contributed by atoms with E-state index in [2.05, 4.69) is 41.6 Å². The summed E-state index contributed by atoms with van der Waals surface area (Å²) >= 11 is 5.02. The normalized spacial score (nSPS) is 17.5. The molecule has 4 fully saturated rings. The molecule has 3 saturated carbocycles. The summed E-state index contributed by atoms with van der Waals surface area (Å²) in [4.78, 5) is 95.1. The summed E-state index contributed by atoms with van der Waals surface area (Å²) < 4.78 is 24.7. The number of hydrogen-bond donors (Lipinski definition) is 3. The fraction of sp³-hybridized carbons (Fsp3) is 0.421. The Morgan fingerprint density at radius 3 is 1.36 bits per heavy atom. The number of nitrogens with one attached hydrogen (secondary N) is 1. The Bertz CT molecular complexity index is 4940. The number of carboxylic acid groups (broad SMARTS) is 1. The summed E-state index contributed by atoms with van der Waals surface area (Å²) in [7, 11) is 3.57. The van der Waals surface area contributed by atoms with Gasteiger partial charge >= 0.3 is 23.9 Å². The first-order valence-corrected chi connectivity index (χ1v) is 42.6. The van der Waals surface area contributed by atoms with Crippen LogP contribution in [0, 0.1) is 21.0 Å². The van der Waals surface area contributed by atoms with Gasteiger partial charge in [-0.1, -0.05) is 206 Å². The monoisotopic (exact) mass is 1710 g/mol. The molecule has 16 rings (SSSR count). The first-order chi connectivity index (χ1) is 57.9. The van der Waals surface area contributed by atoms with Gasteiger partial charge in [-0.2, -0.15) is 5.10 Å². The average molecular weight is 1710 g/mol. The predicted octanol–water partition coefficient (Wildman–Crippen LogP) is 18.7. The maximum atomic E-state index is 13.5. The number of fused-ring (bicyclic) bond motifs is 16. The van der Waals surface area contributed by atoms with E-state index in [0.717, 1.165) is 157 Å². The van der Waals surface area contributed by atoms with Gasteiger partial charge < -0.3 is 38.6 Å². The molecule has 0 spiro atoms. The third-order valence-corrected chi connectivity index (χ3v) is 23.6. The van der Waals surface area contributed by atoms with Crippen molar-refractivity contribution in [1.82, 2.24) is 19.7 Å². The van der Waals surface area contributed by atoms with Gasteiger partial charge in [0.15, 0.2) is 63.0 Å². The zero-order chi connectivity index (χ0) is 85.7. The molecular formula is C95H114CuN14O10S. The smallest absolute Gasteiger partial charge is 0.314 e. The van der Waals surface area contributed by atoms with Crippen molar-refractivity contribution in [2.24, 2.45) is 68.2 Å². The molecule has 1 saturated heterocycles. The molecule has 9 aliphatic rings. The van der Waals surface area contributed by atoms with E-state index in [4.69, 9.17) is 81.2 Å². The Hall–Kier alpha value is -11.1. The van der Waals surface area contributed by atoms with Gasteiger partial charge in [-0.25, -0.2) is 44.9 Å². The number of aromatic amines is 1. The topological polar surface area (TPSA) is 297 Å². The molecule has 24 nitrogen and oxygen atoms in total. The number of carboxylic acids is 1. The molecule has 6 aliphatic heterocycles. The van der Waals surface area contributed by atoms with Crippen LogP contribution in [-0.4, -0.2) is 158 Å². The number of hydrogen-bond acceptors (Lipinski definition) is 21. The average Bonchev–Trinajstić information content (AvgIpc) is 1.60. The molecule has 1 aromatic heterocycles. The van der Waals surface area contributed by atoms with E-state index in [-0.39, 0.29) is 65.1 Å². The van der Waals surface area contributed by atoms with Gasteiger partial charge in [0.25, 0.3) is 5.91 Å². The molecule has 1 atom stereocenters. The van der Waals surface area contributed by atoms with Crippen LogP contribution in [0.4, 0.5) is 5.69 Å². The first-order valence-electron chi connectivity index (χ1n) is 42.2. The second-order valence-electron chi connectivity index (χ2n) is 32.2. The number of aliphatic hydroxyl groups excluding tert-OH is 1. The van der Waals surface area contributed by atoms with Crippen LogP contribution >= 0.6 is 12.2 Å². The van der Waals surface area contributed by atoms with Crippen molar-refractivity contribution in [3.63, 3.8) is 0 Å². The van der Waals surface area contributed by atoms with Crippen molar-refractivity contribution in [3.8, 4) is 17.1 Å². The summed E-state index contributed by atoms with van der Waals surface area (Å²) in [5, 5.41) is 24.5. The van der Waals surface area contributed by atoms with Crippen LogP contribution in [0.5, 0.6) is 5.75 Å². The molecule has 7 aromatic rings. The molecule has 3 aliphatic carbocycles. The van der Waals surface area contributed by atoms with Crippen molar-refractivity contribution >= 4 is 101 Å². The number of ether oxygens (including phenoxy) is 4. The number of esters is 2. The number of amides is 1. The van der Waals surface area contributed by atoms with E-state index in [1.165, 1.54) is 32.1 Å². The van der Waals surface area contributed by atoms with Gasteiger partial charge in [-0.3, -0.25) is 29.2 Å².